The van der Waals surface area contributed by atoms with E-state index in [4.69, 9.17) is 15.3 Å². The van der Waals surface area contributed by atoms with Crippen LogP contribution < -0.4 is 10.5 Å². The number of anilines is 1. The van der Waals surface area contributed by atoms with Gasteiger partial charge in [-0.05, 0) is 12.1 Å². The van der Waals surface area contributed by atoms with Crippen molar-refractivity contribution in [1.29, 1.82) is 0 Å². The molecule has 0 atom stereocenters. The van der Waals surface area contributed by atoms with E-state index in [1.165, 1.54) is 25.7 Å². The standard InChI is InChI=1S/C14H13N2O3.C2H3O2.W/c1-9-4-3-5-10(2)14(9)19-11-6-7-12(15)13(8-11)16(17)18;1-4-2-3;/h4-8H,15H2,1-2H3;1H3;/q2*-1;+2. The van der Waals surface area contributed by atoms with Gasteiger partial charge in [0.15, 0.2) is 0 Å². The third-order valence-electron chi connectivity index (χ3n) is 2.82. The molecule has 0 unspecified atom stereocenters. The number of ether oxygens (including phenoxy) is 2. The van der Waals surface area contributed by atoms with Crippen molar-refractivity contribution >= 4 is 17.8 Å². The van der Waals surface area contributed by atoms with Crippen molar-refractivity contribution in [2.24, 2.45) is 0 Å². The van der Waals surface area contributed by atoms with E-state index in [1.54, 1.807) is 18.2 Å². The van der Waals surface area contributed by atoms with Crippen molar-refractivity contribution in [3.05, 3.63) is 57.6 Å². The maximum absolute atomic E-state index is 10.8. The Morgan fingerprint density at radius 2 is 1.79 bits per heavy atom. The number of hydrogen-bond donors (Lipinski definition) is 1. The van der Waals surface area contributed by atoms with Crippen LogP contribution in [0.4, 0.5) is 11.4 Å². The summed E-state index contributed by atoms with van der Waals surface area (Å²) < 4.78 is 9.44. The number of nitrogens with zero attached hydrogens (tertiary/aromatic N) is 1. The van der Waals surface area contributed by atoms with Gasteiger partial charge in [0.05, 0.1) is 11.0 Å². The Balaban J connectivity index is 0.000000954. The van der Waals surface area contributed by atoms with Crippen molar-refractivity contribution in [2.75, 3.05) is 12.8 Å². The van der Waals surface area contributed by atoms with Crippen molar-refractivity contribution in [3.63, 3.8) is 0 Å². The molecule has 0 saturated carbocycles. The number of benzene rings is 2. The minimum atomic E-state index is -0.527. The molecule has 0 heterocycles. The van der Waals surface area contributed by atoms with Crippen LogP contribution in [0.5, 0.6) is 11.5 Å². The molecule has 8 heteroatoms. The number of rotatable bonds is 4. The minimum absolute atomic E-state index is 0. The Bertz CT molecular complexity index is 687. The molecule has 0 spiro atoms. The van der Waals surface area contributed by atoms with Gasteiger partial charge in [0.2, 0.25) is 0 Å². The minimum Gasteiger partial charge on any atom is -0.655 e. The number of methoxy groups -OCH3 is 1. The number of nitro groups is 1. The first-order chi connectivity index (χ1) is 10.9. The van der Waals surface area contributed by atoms with E-state index in [1.807, 2.05) is 13.8 Å². The number of hydrogen-bond acceptors (Lipinski definition) is 6. The second-order valence-electron chi connectivity index (χ2n) is 4.52. The summed E-state index contributed by atoms with van der Waals surface area (Å²) in [5.41, 5.74) is 7.33. The molecule has 0 amide bonds. The molecule has 0 radical (unpaired) electrons. The summed E-state index contributed by atoms with van der Waals surface area (Å²) in [6.07, 6.45) is 0. The van der Waals surface area contributed by atoms with Crippen LogP contribution >= 0.6 is 0 Å². The van der Waals surface area contributed by atoms with Crippen LogP contribution in [0.15, 0.2) is 30.3 Å². The smallest absolute Gasteiger partial charge is 0.655 e. The molecular formula is C16H16N2O5W. The fourth-order valence-corrected chi connectivity index (χ4v) is 1.76. The van der Waals surface area contributed by atoms with Gasteiger partial charge in [-0.25, -0.2) is 0 Å². The molecule has 2 aromatic rings. The number of nitrogen functional groups attached to an aromatic ring is 1. The van der Waals surface area contributed by atoms with Crippen molar-refractivity contribution < 1.29 is 40.3 Å². The summed E-state index contributed by atoms with van der Waals surface area (Å²) in [5.74, 6) is 1.07. The number of aryl methyl sites for hydroxylation is 2. The van der Waals surface area contributed by atoms with Crippen LogP contribution in [-0.2, 0) is 30.6 Å². The van der Waals surface area contributed by atoms with E-state index in [0.717, 1.165) is 11.1 Å². The van der Waals surface area contributed by atoms with Gasteiger partial charge in [0, 0.05) is 12.9 Å². The molecule has 0 bridgehead atoms. The molecule has 2 aromatic carbocycles. The van der Waals surface area contributed by atoms with Crippen LogP contribution in [0.1, 0.15) is 11.1 Å². The fraction of sp³-hybridized carbons (Fsp3) is 0.188. The van der Waals surface area contributed by atoms with Crippen LogP contribution in [0.25, 0.3) is 0 Å². The van der Waals surface area contributed by atoms with Crippen molar-refractivity contribution in [1.82, 2.24) is 0 Å². The van der Waals surface area contributed by atoms with Crippen LogP contribution in [0, 0.1) is 30.0 Å². The quantitative estimate of drug-likeness (QED) is 0.300. The van der Waals surface area contributed by atoms with E-state index in [-0.39, 0.29) is 32.4 Å². The van der Waals surface area contributed by atoms with Gasteiger partial charge in [0.25, 0.3) is 5.69 Å². The van der Waals surface area contributed by atoms with Gasteiger partial charge < -0.3 is 20.0 Å². The van der Waals surface area contributed by atoms with Crippen LogP contribution in [0.3, 0.4) is 0 Å². The third-order valence-corrected chi connectivity index (χ3v) is 2.82. The summed E-state index contributed by atoms with van der Waals surface area (Å²) in [6, 6.07) is 11.0. The topological polar surface area (TPSA) is 105 Å². The predicted molar refractivity (Wildman–Crippen MR) is 85.0 cm³/mol. The number of nitro benzene ring substituents is 1. The van der Waals surface area contributed by atoms with Gasteiger partial charge in [-0.1, -0.05) is 20.3 Å². The van der Waals surface area contributed by atoms with E-state index < -0.39 is 4.92 Å². The van der Waals surface area contributed by atoms with E-state index >= 15 is 0 Å². The number of nitrogens with two attached hydrogens (primary N) is 1. The maximum Gasteiger partial charge on any atom is 2.00 e. The normalized spacial score (nSPS) is 8.96. The largest absolute Gasteiger partial charge is 2.00 e. The number of carbonyl (C=O) groups excluding carboxylic acids is 1. The molecule has 0 aliphatic heterocycles. The average molecular weight is 500 g/mol. The van der Waals surface area contributed by atoms with E-state index in [2.05, 4.69) is 10.8 Å². The molecule has 0 fully saturated rings. The Kier molecular flexibility index (Phi) is 9.35. The van der Waals surface area contributed by atoms with Gasteiger partial charge in [-0.2, -0.15) is 18.2 Å². The van der Waals surface area contributed by atoms with E-state index in [9.17, 15) is 10.1 Å². The first-order valence-electron chi connectivity index (χ1n) is 6.49. The maximum atomic E-state index is 10.8. The Morgan fingerprint density at radius 1 is 1.25 bits per heavy atom. The molecule has 2 rings (SSSR count). The summed E-state index contributed by atoms with van der Waals surface area (Å²) in [5, 5.41) is 10.8. The molecule has 0 aromatic heterocycles. The van der Waals surface area contributed by atoms with Gasteiger partial charge in [-0.3, -0.25) is 10.1 Å². The second-order valence-corrected chi connectivity index (χ2v) is 4.52. The zero-order chi connectivity index (χ0) is 17.4. The Labute approximate surface area is 154 Å². The molecule has 24 heavy (non-hydrogen) atoms. The predicted octanol–water partition coefficient (Wildman–Crippen LogP) is 3.08. The van der Waals surface area contributed by atoms with Crippen LogP contribution in [0.2, 0.25) is 0 Å². The molecule has 7 nitrogen and oxygen atoms in total. The van der Waals surface area contributed by atoms with Crippen LogP contribution in [-0.4, -0.2) is 18.5 Å². The van der Waals surface area contributed by atoms with Gasteiger partial charge >= 0.3 is 21.1 Å². The van der Waals surface area contributed by atoms with Gasteiger partial charge in [-0.15, -0.1) is 11.1 Å². The van der Waals surface area contributed by atoms with Crippen molar-refractivity contribution in [3.8, 4) is 11.5 Å². The Morgan fingerprint density at radius 3 is 2.25 bits per heavy atom. The summed E-state index contributed by atoms with van der Waals surface area (Å²) in [6.45, 7) is 4.97. The first-order valence-corrected chi connectivity index (χ1v) is 6.49. The molecule has 0 aliphatic rings. The monoisotopic (exact) mass is 500 g/mol. The second kappa shape index (κ2) is 10.4. The average Bonchev–Trinajstić information content (AvgIpc) is 2.52. The molecular weight excluding hydrogens is 484 g/mol. The van der Waals surface area contributed by atoms with Crippen molar-refractivity contribution in [2.45, 2.75) is 13.8 Å². The van der Waals surface area contributed by atoms with Gasteiger partial charge in [0.1, 0.15) is 11.4 Å². The Hall–Kier alpha value is -2.40. The summed E-state index contributed by atoms with van der Waals surface area (Å²) >= 11 is 0. The zero-order valence-corrected chi connectivity index (χ0v) is 16.3. The molecule has 0 saturated heterocycles. The zero-order valence-electron chi connectivity index (χ0n) is 13.4. The SMILES string of the molecule is CO[C-]=O.Cc1c[c-]cc(C)c1Oc1ccc(N)c([N+](=O)[O-])c1.[W+2]. The fourth-order valence-electron chi connectivity index (χ4n) is 1.76. The molecule has 0 aliphatic carbocycles. The summed E-state index contributed by atoms with van der Waals surface area (Å²) in [7, 11) is 1.26. The summed E-state index contributed by atoms with van der Waals surface area (Å²) in [4.78, 5) is 19.1. The van der Waals surface area contributed by atoms with E-state index in [0.29, 0.717) is 11.5 Å². The first kappa shape index (κ1) is 21.6. The molecule has 2 N–H and O–H groups in total. The molecule has 126 valence electrons. The third kappa shape index (κ3) is 6.01.